The fourth-order valence-electron chi connectivity index (χ4n) is 9.31. The van der Waals surface area contributed by atoms with E-state index in [1.54, 1.807) is 6.92 Å². The molecule has 232 valence electrons. The highest BCUT2D eigenvalue weighted by molar-refractivity contribution is 6.09. The Hall–Kier alpha value is -3.07. The summed E-state index contributed by atoms with van der Waals surface area (Å²) < 4.78 is 0. The van der Waals surface area contributed by atoms with Gasteiger partial charge in [-0.3, -0.25) is 14.4 Å². The highest BCUT2D eigenvalue weighted by Gasteiger charge is 2.76. The Morgan fingerprint density at radius 3 is 2.23 bits per heavy atom. The lowest BCUT2D eigenvalue weighted by Gasteiger charge is -2.66. The van der Waals surface area contributed by atoms with Crippen LogP contribution in [0.2, 0.25) is 0 Å². The van der Waals surface area contributed by atoms with Crippen LogP contribution in [0, 0.1) is 34.5 Å². The summed E-state index contributed by atoms with van der Waals surface area (Å²) in [5, 5.41) is 47.3. The second-order valence-electron chi connectivity index (χ2n) is 14.5. The molecule has 0 aromatic heterocycles. The average molecular weight is 592 g/mol. The fourth-order valence-corrected chi connectivity index (χ4v) is 9.31. The normalized spacial score (nSPS) is 35.5. The molecule has 6 N–H and O–H groups in total. The number of fused-ring (bicyclic) bond motifs is 3. The maximum atomic E-state index is 14.5. The van der Waals surface area contributed by atoms with Crippen LogP contribution in [0.25, 0.3) is 0 Å². The topological polar surface area (TPSA) is 158 Å². The third-order valence-electron chi connectivity index (χ3n) is 11.0. The Morgan fingerprint density at radius 1 is 1.05 bits per heavy atom. The molecule has 0 heterocycles. The van der Waals surface area contributed by atoms with Crippen molar-refractivity contribution in [3.8, 4) is 5.75 Å². The third-order valence-corrected chi connectivity index (χ3v) is 11.0. The Morgan fingerprint density at radius 2 is 1.67 bits per heavy atom. The van der Waals surface area contributed by atoms with E-state index in [1.165, 1.54) is 0 Å². The molecule has 0 aliphatic heterocycles. The summed E-state index contributed by atoms with van der Waals surface area (Å²) in [5.41, 5.74) is 4.28. The number of Topliss-reactive ketones (excluding diaryl/α,β-unsaturated/α-hetero) is 2. The van der Waals surface area contributed by atoms with Crippen molar-refractivity contribution >= 4 is 17.5 Å². The quantitative estimate of drug-likeness (QED) is 0.322. The first-order chi connectivity index (χ1) is 20.0. The number of phenolic OH excluding ortho intramolecular Hbond substituents is 1. The fraction of sp³-hybridized carbons (Fsp3) is 0.571. The zero-order chi connectivity index (χ0) is 31.8. The average Bonchev–Trinajstić information content (AvgIpc) is 2.90. The first-order valence-corrected chi connectivity index (χ1v) is 15.4. The van der Waals surface area contributed by atoms with Gasteiger partial charge >= 0.3 is 0 Å². The number of aryl methyl sites for hydroxylation is 2. The van der Waals surface area contributed by atoms with Crippen LogP contribution in [0.15, 0.2) is 36.4 Å². The number of amides is 1. The van der Waals surface area contributed by atoms with E-state index < -0.39 is 63.9 Å². The third kappa shape index (κ3) is 4.39. The molecule has 2 saturated carbocycles. The van der Waals surface area contributed by atoms with Gasteiger partial charge in [0.2, 0.25) is 5.91 Å². The zero-order valence-electron chi connectivity index (χ0n) is 25.9. The number of aromatic hydroxyl groups is 1. The molecule has 8 nitrogen and oxygen atoms in total. The summed E-state index contributed by atoms with van der Waals surface area (Å²) >= 11 is 0. The van der Waals surface area contributed by atoms with Gasteiger partial charge in [-0.2, -0.15) is 0 Å². The number of aliphatic hydroxyl groups excluding tert-OH is 2. The molecule has 0 bridgehead atoms. The summed E-state index contributed by atoms with van der Waals surface area (Å²) in [5.74, 6) is -6.76. The van der Waals surface area contributed by atoms with Crippen molar-refractivity contribution in [3.63, 3.8) is 0 Å². The number of aliphatic hydroxyl groups is 3. The van der Waals surface area contributed by atoms with Crippen molar-refractivity contribution in [2.45, 2.75) is 91.0 Å². The lowest BCUT2D eigenvalue weighted by Crippen LogP contribution is -2.79. The van der Waals surface area contributed by atoms with Crippen molar-refractivity contribution in [2.75, 3.05) is 0 Å². The van der Waals surface area contributed by atoms with E-state index in [1.807, 2.05) is 71.0 Å². The Kier molecular flexibility index (Phi) is 7.68. The van der Waals surface area contributed by atoms with Crippen LogP contribution in [0.1, 0.15) is 86.5 Å². The molecule has 43 heavy (non-hydrogen) atoms. The van der Waals surface area contributed by atoms with Gasteiger partial charge in [-0.05, 0) is 71.1 Å². The number of ketones is 2. The first kappa shape index (κ1) is 31.4. The largest absolute Gasteiger partial charge is 0.507 e. The maximum Gasteiger partial charge on any atom is 0.230 e. The van der Waals surface area contributed by atoms with Crippen molar-refractivity contribution in [2.24, 2.45) is 40.2 Å². The molecule has 2 unspecified atom stereocenters. The molecular formula is C35H45NO7. The Labute approximate surface area is 253 Å². The number of hydrogen-bond donors (Lipinski definition) is 5. The van der Waals surface area contributed by atoms with Crippen molar-refractivity contribution in [3.05, 3.63) is 64.2 Å². The van der Waals surface area contributed by atoms with E-state index in [0.29, 0.717) is 24.8 Å². The van der Waals surface area contributed by atoms with E-state index >= 15 is 0 Å². The molecule has 3 aliphatic carbocycles. The van der Waals surface area contributed by atoms with E-state index in [0.717, 1.165) is 16.7 Å². The van der Waals surface area contributed by atoms with Gasteiger partial charge in [0, 0.05) is 5.41 Å². The standard InChI is InChI=1S/C35H45NO7/c1-17(2)21-14-20(13-12-19-10-8-7-9-11-19)27(37)23-22(21)15-33(5)16-34(6)25(18(3)4)29(39)24(32(36)42)30(40)35(34,43)31(41)26(33)28(23)38/h7-11,14,17-18,24-26,29,31,37,39,41,43H,12-13,15-16H2,1-6H3,(H2,36,42)/t24-,25+,26-,29?,31?,33-,34-,35+/m1/s1. The van der Waals surface area contributed by atoms with Gasteiger partial charge in [0.25, 0.3) is 0 Å². The monoisotopic (exact) mass is 591 g/mol. The van der Waals surface area contributed by atoms with Crippen LogP contribution in [-0.4, -0.2) is 55.7 Å². The van der Waals surface area contributed by atoms with Gasteiger partial charge in [0.15, 0.2) is 17.2 Å². The van der Waals surface area contributed by atoms with Crippen LogP contribution < -0.4 is 5.73 Å². The van der Waals surface area contributed by atoms with Gasteiger partial charge in [-0.15, -0.1) is 0 Å². The molecule has 2 fully saturated rings. The molecule has 0 saturated heterocycles. The molecule has 8 atom stereocenters. The molecule has 0 spiro atoms. The number of carbonyl (C=O) groups is 3. The lowest BCUT2D eigenvalue weighted by atomic mass is 9.39. The van der Waals surface area contributed by atoms with Crippen molar-refractivity contribution in [1.82, 2.24) is 0 Å². The van der Waals surface area contributed by atoms with E-state index in [9.17, 15) is 34.8 Å². The van der Waals surface area contributed by atoms with Crippen LogP contribution in [-0.2, 0) is 28.9 Å². The first-order valence-electron chi connectivity index (χ1n) is 15.4. The number of nitrogens with two attached hydrogens (primary N) is 1. The van der Waals surface area contributed by atoms with Gasteiger partial charge in [-0.25, -0.2) is 0 Å². The smallest absolute Gasteiger partial charge is 0.230 e. The summed E-state index contributed by atoms with van der Waals surface area (Å²) in [7, 11) is 0. The number of primary amides is 1. The summed E-state index contributed by atoms with van der Waals surface area (Å²) in [6.45, 7) is 11.3. The van der Waals surface area contributed by atoms with E-state index in [4.69, 9.17) is 5.73 Å². The number of carbonyl (C=O) groups excluding carboxylic acids is 3. The minimum absolute atomic E-state index is 0.0385. The Bertz CT molecular complexity index is 1470. The predicted molar refractivity (Wildman–Crippen MR) is 161 cm³/mol. The number of phenols is 1. The molecular weight excluding hydrogens is 546 g/mol. The van der Waals surface area contributed by atoms with Gasteiger partial charge < -0.3 is 26.2 Å². The van der Waals surface area contributed by atoms with Crippen molar-refractivity contribution in [1.29, 1.82) is 0 Å². The second-order valence-corrected chi connectivity index (χ2v) is 14.5. The zero-order valence-corrected chi connectivity index (χ0v) is 25.9. The molecule has 0 radical (unpaired) electrons. The molecule has 8 heteroatoms. The minimum atomic E-state index is -2.51. The SMILES string of the molecule is CC(C)c1cc(CCc2ccccc2)c(O)c2c1C[C@]1(C)C[C@]3(C)[C@@H](C(C)C)C(O)[C@@H](C(N)=O)C(=O)[C@]3(O)C(O)[C@H]1C2=O. The minimum Gasteiger partial charge on any atom is -0.507 e. The van der Waals surface area contributed by atoms with Gasteiger partial charge in [0.1, 0.15) is 17.8 Å². The summed E-state index contributed by atoms with van der Waals surface area (Å²) in [4.78, 5) is 40.9. The molecule has 1 amide bonds. The summed E-state index contributed by atoms with van der Waals surface area (Å²) in [6, 6.07) is 11.8. The van der Waals surface area contributed by atoms with Crippen LogP contribution in [0.4, 0.5) is 0 Å². The lowest BCUT2D eigenvalue weighted by molar-refractivity contribution is -0.265. The van der Waals surface area contributed by atoms with Crippen LogP contribution >= 0.6 is 0 Å². The highest BCUT2D eigenvalue weighted by atomic mass is 16.4. The molecule has 5 rings (SSSR count). The second kappa shape index (κ2) is 10.5. The van der Waals surface area contributed by atoms with E-state index in [2.05, 4.69) is 0 Å². The van der Waals surface area contributed by atoms with Gasteiger partial charge in [-0.1, -0.05) is 77.9 Å². The van der Waals surface area contributed by atoms with Gasteiger partial charge in [0.05, 0.1) is 17.6 Å². The number of hydrogen-bond acceptors (Lipinski definition) is 7. The molecule has 2 aromatic rings. The van der Waals surface area contributed by atoms with Crippen molar-refractivity contribution < 1.29 is 34.8 Å². The predicted octanol–water partition coefficient (Wildman–Crippen LogP) is 3.48. The molecule has 3 aliphatic rings. The Balaban J connectivity index is 1.67. The van der Waals surface area contributed by atoms with Crippen LogP contribution in [0.5, 0.6) is 5.75 Å². The summed E-state index contributed by atoms with van der Waals surface area (Å²) in [6.07, 6.45) is -1.71. The van der Waals surface area contributed by atoms with Crippen LogP contribution in [0.3, 0.4) is 0 Å². The number of benzene rings is 2. The highest BCUT2D eigenvalue weighted by Crippen LogP contribution is 2.66. The molecule has 2 aromatic carbocycles. The van der Waals surface area contributed by atoms with E-state index in [-0.39, 0.29) is 29.6 Å². The number of rotatable bonds is 6. The maximum absolute atomic E-state index is 14.5.